The Hall–Kier alpha value is -1.25. The lowest BCUT2D eigenvalue weighted by molar-refractivity contribution is 0.218. The van der Waals surface area contributed by atoms with Gasteiger partial charge in [-0.05, 0) is 35.2 Å². The van der Waals surface area contributed by atoms with E-state index in [-0.39, 0.29) is 0 Å². The second-order valence-electron chi connectivity index (χ2n) is 4.81. The van der Waals surface area contributed by atoms with Crippen LogP contribution in [0.2, 0.25) is 0 Å². The molecule has 0 saturated heterocycles. The second kappa shape index (κ2) is 8.13. The van der Waals surface area contributed by atoms with E-state index in [1.165, 1.54) is 28.0 Å². The molecule has 106 valence electrons. The molecule has 0 aliphatic carbocycles. The lowest BCUT2D eigenvalue weighted by Gasteiger charge is -2.06. The van der Waals surface area contributed by atoms with E-state index in [9.17, 15) is 0 Å². The van der Waals surface area contributed by atoms with Crippen LogP contribution in [0.1, 0.15) is 18.9 Å². The van der Waals surface area contributed by atoms with Crippen LogP contribution < -0.4 is 0 Å². The van der Waals surface area contributed by atoms with Gasteiger partial charge in [-0.3, -0.25) is 0 Å². The summed E-state index contributed by atoms with van der Waals surface area (Å²) in [5.74, 6) is 1.00. The largest absolute Gasteiger partial charge is 0.384 e. The average Bonchev–Trinajstić information content (AvgIpc) is 2.49. The molecule has 2 heteroatoms. The number of ether oxygens (including phenoxy) is 1. The second-order valence-corrected chi connectivity index (χ2v) is 5.98. The maximum atomic E-state index is 5.07. The van der Waals surface area contributed by atoms with Gasteiger partial charge in [-0.25, -0.2) is 0 Å². The molecule has 0 radical (unpaired) electrons. The quantitative estimate of drug-likeness (QED) is 0.520. The maximum Gasteiger partial charge on any atom is 0.0556 e. The Labute approximate surface area is 126 Å². The first-order valence-corrected chi connectivity index (χ1v) is 8.13. The zero-order chi connectivity index (χ0) is 14.2. The van der Waals surface area contributed by atoms with Crippen molar-refractivity contribution in [3.05, 3.63) is 54.1 Å². The summed E-state index contributed by atoms with van der Waals surface area (Å²) in [5.41, 5.74) is 3.99. The van der Waals surface area contributed by atoms with Gasteiger partial charge in [0.2, 0.25) is 0 Å². The lowest BCUT2D eigenvalue weighted by Crippen LogP contribution is -1.90. The molecule has 0 fully saturated rings. The van der Waals surface area contributed by atoms with Crippen molar-refractivity contribution >= 4 is 11.8 Å². The Morgan fingerprint density at radius 1 is 0.900 bits per heavy atom. The number of rotatable bonds is 7. The third kappa shape index (κ3) is 4.39. The van der Waals surface area contributed by atoms with Crippen LogP contribution in [0.15, 0.2) is 53.4 Å². The smallest absolute Gasteiger partial charge is 0.0556 e. The zero-order valence-corrected chi connectivity index (χ0v) is 13.1. The van der Waals surface area contributed by atoms with Gasteiger partial charge in [0.15, 0.2) is 0 Å². The van der Waals surface area contributed by atoms with Crippen LogP contribution in [-0.4, -0.2) is 19.5 Å². The summed E-state index contributed by atoms with van der Waals surface area (Å²) >= 11 is 1.83. The molecule has 0 aromatic heterocycles. The molecule has 0 saturated carbocycles. The third-order valence-electron chi connectivity index (χ3n) is 3.24. The van der Waals surface area contributed by atoms with Gasteiger partial charge in [0.05, 0.1) is 6.61 Å². The summed E-state index contributed by atoms with van der Waals surface area (Å²) < 4.78 is 5.07. The molecule has 0 heterocycles. The van der Waals surface area contributed by atoms with Crippen LogP contribution in [0.3, 0.4) is 0 Å². The maximum absolute atomic E-state index is 5.07. The van der Waals surface area contributed by atoms with Crippen molar-refractivity contribution in [1.29, 1.82) is 0 Å². The number of methoxy groups -OCH3 is 1. The minimum absolute atomic E-state index is 0.797. The number of thioether (sulfide) groups is 1. The molecule has 20 heavy (non-hydrogen) atoms. The third-order valence-corrected chi connectivity index (χ3v) is 4.21. The fourth-order valence-corrected chi connectivity index (χ4v) is 2.95. The number of benzene rings is 2. The van der Waals surface area contributed by atoms with Gasteiger partial charge >= 0.3 is 0 Å². The minimum atomic E-state index is 0.797. The first-order chi connectivity index (χ1) is 9.83. The molecular formula is C18H22OS. The highest BCUT2D eigenvalue weighted by Crippen LogP contribution is 2.24. The van der Waals surface area contributed by atoms with E-state index >= 15 is 0 Å². The molecule has 0 N–H and O–H groups in total. The molecule has 2 rings (SSSR count). The molecule has 0 aliphatic rings. The van der Waals surface area contributed by atoms with Gasteiger partial charge in [-0.15, -0.1) is 11.8 Å². The Balaban J connectivity index is 2.01. The monoisotopic (exact) mass is 286 g/mol. The molecule has 2 aromatic carbocycles. The van der Waals surface area contributed by atoms with E-state index in [0.717, 1.165) is 18.8 Å². The summed E-state index contributed by atoms with van der Waals surface area (Å²) in [7, 11) is 1.74. The van der Waals surface area contributed by atoms with Crippen molar-refractivity contribution in [2.75, 3.05) is 19.5 Å². The predicted molar refractivity (Wildman–Crippen MR) is 88.5 cm³/mol. The highest BCUT2D eigenvalue weighted by atomic mass is 32.2. The van der Waals surface area contributed by atoms with E-state index < -0.39 is 0 Å². The summed E-state index contributed by atoms with van der Waals surface area (Å²) in [4.78, 5) is 1.30. The van der Waals surface area contributed by atoms with Gasteiger partial charge in [-0.2, -0.15) is 0 Å². The Kier molecular flexibility index (Phi) is 6.16. The van der Waals surface area contributed by atoms with E-state index in [0.29, 0.717) is 0 Å². The standard InChI is InChI=1S/C18H22OS/c1-3-4-15-5-7-16(8-6-15)17-9-11-18(12-10-17)20-14-13-19-2/h5-12H,3-4,13-14H2,1-2H3. The van der Waals surface area contributed by atoms with Crippen molar-refractivity contribution in [1.82, 2.24) is 0 Å². The van der Waals surface area contributed by atoms with Crippen molar-refractivity contribution in [2.45, 2.75) is 24.7 Å². The first-order valence-electron chi connectivity index (χ1n) is 7.14. The van der Waals surface area contributed by atoms with E-state index in [2.05, 4.69) is 55.5 Å². The predicted octanol–water partition coefficient (Wildman–Crippen LogP) is 5.04. The molecule has 0 atom stereocenters. The van der Waals surface area contributed by atoms with Crippen molar-refractivity contribution in [3.8, 4) is 11.1 Å². The Morgan fingerprint density at radius 2 is 1.50 bits per heavy atom. The summed E-state index contributed by atoms with van der Waals surface area (Å²) in [6.45, 7) is 3.01. The van der Waals surface area contributed by atoms with Crippen molar-refractivity contribution in [2.24, 2.45) is 0 Å². The van der Waals surface area contributed by atoms with Crippen LogP contribution in [-0.2, 0) is 11.2 Å². The molecular weight excluding hydrogens is 264 g/mol. The molecule has 0 bridgehead atoms. The van der Waals surface area contributed by atoms with Crippen LogP contribution >= 0.6 is 11.8 Å². The van der Waals surface area contributed by atoms with Gasteiger partial charge in [-0.1, -0.05) is 49.7 Å². The van der Waals surface area contributed by atoms with E-state index in [1.54, 1.807) is 7.11 Å². The highest BCUT2D eigenvalue weighted by Gasteiger charge is 1.99. The Bertz CT molecular complexity index is 502. The zero-order valence-electron chi connectivity index (χ0n) is 12.3. The minimum Gasteiger partial charge on any atom is -0.384 e. The van der Waals surface area contributed by atoms with Crippen LogP contribution in [0.5, 0.6) is 0 Å². The molecule has 0 amide bonds. The van der Waals surface area contributed by atoms with Crippen molar-refractivity contribution < 1.29 is 4.74 Å². The summed E-state index contributed by atoms with van der Waals surface area (Å²) in [6, 6.07) is 17.7. The topological polar surface area (TPSA) is 9.23 Å². The van der Waals surface area contributed by atoms with Crippen LogP contribution in [0.25, 0.3) is 11.1 Å². The molecule has 0 spiro atoms. The molecule has 0 aliphatic heterocycles. The van der Waals surface area contributed by atoms with E-state index in [4.69, 9.17) is 4.74 Å². The van der Waals surface area contributed by atoms with Gasteiger partial charge in [0.1, 0.15) is 0 Å². The van der Waals surface area contributed by atoms with Crippen molar-refractivity contribution in [3.63, 3.8) is 0 Å². The van der Waals surface area contributed by atoms with E-state index in [1.807, 2.05) is 11.8 Å². The Morgan fingerprint density at radius 3 is 2.05 bits per heavy atom. The van der Waals surface area contributed by atoms with Gasteiger partial charge in [0, 0.05) is 17.8 Å². The fourth-order valence-electron chi connectivity index (χ4n) is 2.14. The summed E-state index contributed by atoms with van der Waals surface area (Å²) in [5, 5.41) is 0. The number of hydrogen-bond acceptors (Lipinski definition) is 2. The van der Waals surface area contributed by atoms with Crippen LogP contribution in [0, 0.1) is 0 Å². The molecule has 0 unspecified atom stereocenters. The SMILES string of the molecule is CCCc1ccc(-c2ccc(SCCOC)cc2)cc1. The average molecular weight is 286 g/mol. The lowest BCUT2D eigenvalue weighted by atomic mass is 10.0. The molecule has 2 aromatic rings. The first kappa shape index (κ1) is 15.1. The highest BCUT2D eigenvalue weighted by molar-refractivity contribution is 7.99. The normalized spacial score (nSPS) is 10.7. The fraction of sp³-hybridized carbons (Fsp3) is 0.333. The van der Waals surface area contributed by atoms with Gasteiger partial charge in [0.25, 0.3) is 0 Å². The number of aryl methyl sites for hydroxylation is 1. The molecule has 1 nitrogen and oxygen atoms in total. The van der Waals surface area contributed by atoms with Crippen LogP contribution in [0.4, 0.5) is 0 Å². The summed E-state index contributed by atoms with van der Waals surface area (Å²) in [6.07, 6.45) is 2.36. The number of hydrogen-bond donors (Lipinski definition) is 0. The van der Waals surface area contributed by atoms with Gasteiger partial charge < -0.3 is 4.74 Å².